The van der Waals surface area contributed by atoms with E-state index in [-0.39, 0.29) is 39.8 Å². The monoisotopic (exact) mass is 604 g/mol. The molecule has 0 aromatic heterocycles. The van der Waals surface area contributed by atoms with Crippen molar-refractivity contribution in [3.05, 3.63) is 23.3 Å². The van der Waals surface area contributed by atoms with E-state index < -0.39 is 37.3 Å². The smallest absolute Gasteiger partial charge is 0.186 e. The lowest BCUT2D eigenvalue weighted by Crippen LogP contribution is -2.67. The van der Waals surface area contributed by atoms with Crippen molar-refractivity contribution < 1.29 is 35.0 Å². The summed E-state index contributed by atoms with van der Waals surface area (Å²) >= 11 is 0. The maximum absolute atomic E-state index is 12.0. The fourth-order valence-electron chi connectivity index (χ4n) is 11.5. The molecule has 246 valence electrons. The predicted octanol–water partition coefficient (Wildman–Crippen LogP) is 5.13. The summed E-state index contributed by atoms with van der Waals surface area (Å²) in [4.78, 5) is 0. The lowest BCUT2D eigenvalue weighted by Gasteiger charge is -2.70. The maximum atomic E-state index is 12.0. The third-order valence-electron chi connectivity index (χ3n) is 14.0. The molecule has 0 unspecified atom stereocenters. The Morgan fingerprint density at radius 1 is 0.814 bits per heavy atom. The lowest BCUT2D eigenvalue weighted by molar-refractivity contribution is -0.331. The summed E-state index contributed by atoms with van der Waals surface area (Å²) < 4.78 is 12.2. The molecule has 4 aliphatic carbocycles. The van der Waals surface area contributed by atoms with Crippen molar-refractivity contribution in [3.8, 4) is 0 Å². The van der Waals surface area contributed by atoms with Crippen LogP contribution < -0.4 is 0 Å². The minimum absolute atomic E-state index is 0.0348. The SMILES string of the molecule is CC(C)=CC/C=C(\C)[C@H]1CC[C@]2(C)[C@@H]1[C@H](O)C[C@@H]1[C@@]3(C)CC[C@H](O[C@@H]4O[C@H](CO)[C@@H](O)[C@H](O)[C@H]4O)C(C)(C)[C@@H]3CC[C@]12C. The van der Waals surface area contributed by atoms with Crippen LogP contribution in [0.2, 0.25) is 0 Å². The van der Waals surface area contributed by atoms with Crippen LogP contribution in [0, 0.1) is 45.3 Å². The topological polar surface area (TPSA) is 120 Å². The van der Waals surface area contributed by atoms with E-state index in [4.69, 9.17) is 9.47 Å². The fraction of sp³-hybridized carbons (Fsp3) is 0.889. The van der Waals surface area contributed by atoms with Crippen molar-refractivity contribution in [2.24, 2.45) is 45.3 Å². The first kappa shape index (κ1) is 33.6. The van der Waals surface area contributed by atoms with Gasteiger partial charge in [0.25, 0.3) is 0 Å². The first-order chi connectivity index (χ1) is 20.0. The van der Waals surface area contributed by atoms with Crippen LogP contribution in [0.3, 0.4) is 0 Å². The molecule has 0 amide bonds. The maximum Gasteiger partial charge on any atom is 0.186 e. The molecular formula is C36H60O7. The van der Waals surface area contributed by atoms with E-state index >= 15 is 0 Å². The molecule has 14 atom stereocenters. The van der Waals surface area contributed by atoms with Gasteiger partial charge in [-0.05, 0) is 117 Å². The molecule has 0 aromatic carbocycles. The van der Waals surface area contributed by atoms with Crippen LogP contribution in [0.5, 0.6) is 0 Å². The van der Waals surface area contributed by atoms with E-state index in [0.717, 1.165) is 51.4 Å². The molecule has 1 heterocycles. The van der Waals surface area contributed by atoms with Gasteiger partial charge in [0, 0.05) is 0 Å². The first-order valence-corrected chi connectivity index (χ1v) is 17.0. The number of aliphatic hydroxyl groups is 5. The summed E-state index contributed by atoms with van der Waals surface area (Å²) in [6, 6.07) is 0. The molecule has 7 nitrogen and oxygen atoms in total. The third kappa shape index (κ3) is 5.21. The standard InChI is InChI=1S/C36H60O7/c1-20(2)10-9-11-21(3)22-12-16-36(8)28(22)23(38)18-26-34(6)15-14-27(33(4,5)25(34)13-17-35(26,36)7)43-32-31(41)30(40)29(39)24(19-37)42-32/h10-11,22-32,37-41H,9,12-19H2,1-8H3/b21-11+/t22-,23-,24-,25+,26-,27+,28+,29-,30+,31-,32+,34+,35-,36-/m1/s1. The van der Waals surface area contributed by atoms with E-state index in [0.29, 0.717) is 17.8 Å². The Balaban J connectivity index is 1.38. The number of hydrogen-bond acceptors (Lipinski definition) is 7. The van der Waals surface area contributed by atoms with Crippen molar-refractivity contribution in [1.29, 1.82) is 0 Å². The number of allylic oxidation sites excluding steroid dienone is 4. The summed E-state index contributed by atoms with van der Waals surface area (Å²) in [5.41, 5.74) is 2.80. The minimum atomic E-state index is -1.44. The van der Waals surface area contributed by atoms with Gasteiger partial charge in [0.1, 0.15) is 24.4 Å². The number of ether oxygens (including phenoxy) is 2. The second-order valence-corrected chi connectivity index (χ2v) is 16.6. The van der Waals surface area contributed by atoms with Gasteiger partial charge in [0.05, 0.1) is 18.8 Å². The van der Waals surface area contributed by atoms with Crippen molar-refractivity contribution in [2.75, 3.05) is 6.61 Å². The Bertz CT molecular complexity index is 1080. The molecule has 0 aromatic rings. The van der Waals surface area contributed by atoms with Gasteiger partial charge in [0.2, 0.25) is 0 Å². The van der Waals surface area contributed by atoms with Crippen LogP contribution in [0.25, 0.3) is 0 Å². The van der Waals surface area contributed by atoms with Crippen LogP contribution in [0.15, 0.2) is 23.3 Å². The Kier molecular flexibility index (Phi) is 9.19. The van der Waals surface area contributed by atoms with E-state index in [2.05, 4.69) is 67.5 Å². The zero-order chi connectivity index (χ0) is 31.7. The average Bonchev–Trinajstić information content (AvgIpc) is 3.31. The predicted molar refractivity (Wildman–Crippen MR) is 167 cm³/mol. The first-order valence-electron chi connectivity index (χ1n) is 17.0. The van der Waals surface area contributed by atoms with E-state index in [1.165, 1.54) is 11.1 Å². The molecule has 0 spiro atoms. The van der Waals surface area contributed by atoms with Gasteiger partial charge in [-0.3, -0.25) is 0 Å². The normalized spacial score (nSPS) is 51.3. The highest BCUT2D eigenvalue weighted by Crippen LogP contribution is 2.75. The third-order valence-corrected chi connectivity index (χ3v) is 14.0. The average molecular weight is 605 g/mol. The molecule has 0 bridgehead atoms. The van der Waals surface area contributed by atoms with Gasteiger partial charge >= 0.3 is 0 Å². The van der Waals surface area contributed by atoms with Crippen molar-refractivity contribution in [2.45, 2.75) is 150 Å². The van der Waals surface area contributed by atoms with Crippen LogP contribution in [0.1, 0.15) is 107 Å². The molecule has 5 rings (SSSR count). The van der Waals surface area contributed by atoms with Gasteiger partial charge in [-0.15, -0.1) is 0 Å². The lowest BCUT2D eigenvalue weighted by atomic mass is 9.35. The van der Waals surface area contributed by atoms with Gasteiger partial charge in [-0.25, -0.2) is 0 Å². The molecule has 43 heavy (non-hydrogen) atoms. The van der Waals surface area contributed by atoms with Crippen LogP contribution in [-0.2, 0) is 9.47 Å². The van der Waals surface area contributed by atoms with Gasteiger partial charge in [0.15, 0.2) is 6.29 Å². The molecule has 5 N–H and O–H groups in total. The van der Waals surface area contributed by atoms with Crippen LogP contribution >= 0.6 is 0 Å². The molecule has 7 heteroatoms. The Morgan fingerprint density at radius 3 is 2.14 bits per heavy atom. The molecule has 0 radical (unpaired) electrons. The zero-order valence-corrected chi connectivity index (χ0v) is 27.9. The van der Waals surface area contributed by atoms with Crippen LogP contribution in [-0.4, -0.2) is 75.1 Å². The van der Waals surface area contributed by atoms with Gasteiger partial charge < -0.3 is 35.0 Å². The van der Waals surface area contributed by atoms with Gasteiger partial charge in [-0.1, -0.05) is 57.9 Å². The Hall–Kier alpha value is -0.800. The number of aliphatic hydroxyl groups excluding tert-OH is 5. The summed E-state index contributed by atoms with van der Waals surface area (Å²) in [7, 11) is 0. The molecule has 1 aliphatic heterocycles. The summed E-state index contributed by atoms with van der Waals surface area (Å²) in [6.07, 6.45) is 5.90. The highest BCUT2D eigenvalue weighted by molar-refractivity contribution is 5.23. The second kappa shape index (κ2) is 11.8. The van der Waals surface area contributed by atoms with Crippen LogP contribution in [0.4, 0.5) is 0 Å². The highest BCUT2D eigenvalue weighted by Gasteiger charge is 2.70. The van der Waals surface area contributed by atoms with E-state index in [9.17, 15) is 25.5 Å². The highest BCUT2D eigenvalue weighted by atomic mass is 16.7. The summed E-state index contributed by atoms with van der Waals surface area (Å²) in [5, 5.41) is 52.9. The minimum Gasteiger partial charge on any atom is -0.394 e. The van der Waals surface area contributed by atoms with E-state index in [1.807, 2.05) is 0 Å². The summed E-state index contributed by atoms with van der Waals surface area (Å²) in [5.74, 6) is 1.48. The van der Waals surface area contributed by atoms with Crippen molar-refractivity contribution in [3.63, 3.8) is 0 Å². The summed E-state index contributed by atoms with van der Waals surface area (Å²) in [6.45, 7) is 18.2. The zero-order valence-electron chi connectivity index (χ0n) is 27.9. The number of rotatable bonds is 6. The molecule has 4 saturated carbocycles. The number of fused-ring (bicyclic) bond motifs is 5. The molecule has 5 aliphatic rings. The Morgan fingerprint density at radius 2 is 1.49 bits per heavy atom. The van der Waals surface area contributed by atoms with Crippen molar-refractivity contribution >= 4 is 0 Å². The Labute approximate surface area is 259 Å². The number of hydrogen-bond donors (Lipinski definition) is 5. The molecule has 5 fully saturated rings. The van der Waals surface area contributed by atoms with E-state index in [1.54, 1.807) is 0 Å². The molecular weight excluding hydrogens is 544 g/mol. The quantitative estimate of drug-likeness (QED) is 0.211. The van der Waals surface area contributed by atoms with Crippen molar-refractivity contribution in [1.82, 2.24) is 0 Å². The largest absolute Gasteiger partial charge is 0.394 e. The van der Waals surface area contributed by atoms with Gasteiger partial charge in [-0.2, -0.15) is 0 Å². The molecule has 1 saturated heterocycles. The second-order valence-electron chi connectivity index (χ2n) is 16.6. The fourth-order valence-corrected chi connectivity index (χ4v) is 11.5.